The minimum Gasteiger partial charge on any atom is -0.423 e. The van der Waals surface area contributed by atoms with Gasteiger partial charge in [0, 0.05) is 23.4 Å². The van der Waals surface area contributed by atoms with Crippen molar-refractivity contribution in [1.82, 2.24) is 9.78 Å². The van der Waals surface area contributed by atoms with E-state index in [9.17, 15) is 9.59 Å². The van der Waals surface area contributed by atoms with Crippen molar-refractivity contribution >= 4 is 18.0 Å². The number of amides is 1. The van der Waals surface area contributed by atoms with Gasteiger partial charge in [-0.1, -0.05) is 24.3 Å². The third-order valence-corrected chi connectivity index (χ3v) is 3.37. The number of benzene rings is 2. The van der Waals surface area contributed by atoms with E-state index in [1.807, 2.05) is 30.3 Å². The van der Waals surface area contributed by atoms with E-state index in [0.29, 0.717) is 0 Å². The molecular formula is C19H15N3O3. The van der Waals surface area contributed by atoms with Gasteiger partial charge in [0.15, 0.2) is 0 Å². The van der Waals surface area contributed by atoms with Crippen LogP contribution >= 0.6 is 0 Å². The summed E-state index contributed by atoms with van der Waals surface area (Å²) in [7, 11) is 0. The molecule has 0 aliphatic carbocycles. The molecular weight excluding hydrogens is 318 g/mol. The van der Waals surface area contributed by atoms with Gasteiger partial charge >= 0.3 is 5.97 Å². The van der Waals surface area contributed by atoms with E-state index < -0.39 is 11.9 Å². The first-order valence-corrected chi connectivity index (χ1v) is 7.52. The highest BCUT2D eigenvalue weighted by Gasteiger charge is 2.05. The highest BCUT2D eigenvalue weighted by atomic mass is 16.5. The molecule has 0 bridgehead atoms. The van der Waals surface area contributed by atoms with Gasteiger partial charge in [0.2, 0.25) is 5.91 Å². The van der Waals surface area contributed by atoms with E-state index in [1.165, 1.54) is 12.1 Å². The molecule has 0 aliphatic rings. The first kappa shape index (κ1) is 16.2. The van der Waals surface area contributed by atoms with Crippen LogP contribution in [0.5, 0.6) is 5.75 Å². The minimum absolute atomic E-state index is 0.255. The maximum Gasteiger partial charge on any atom is 0.336 e. The van der Waals surface area contributed by atoms with Crippen LogP contribution in [0.4, 0.5) is 0 Å². The number of esters is 1. The SMILES string of the molecule is NC(=O)c1cccc(OC(=O)C=Cc2cnn(-c3ccccc3)c2)c1. The van der Waals surface area contributed by atoms with Crippen molar-refractivity contribution in [3.63, 3.8) is 0 Å². The molecule has 2 N–H and O–H groups in total. The second-order valence-electron chi connectivity index (χ2n) is 5.20. The number of para-hydroxylation sites is 1. The Bertz CT molecular complexity index is 930. The van der Waals surface area contributed by atoms with E-state index >= 15 is 0 Å². The van der Waals surface area contributed by atoms with E-state index in [0.717, 1.165) is 11.3 Å². The molecule has 1 heterocycles. The maximum atomic E-state index is 11.9. The summed E-state index contributed by atoms with van der Waals surface area (Å²) >= 11 is 0. The number of primary amides is 1. The van der Waals surface area contributed by atoms with E-state index in [2.05, 4.69) is 5.10 Å². The van der Waals surface area contributed by atoms with Crippen LogP contribution in [0.25, 0.3) is 11.8 Å². The van der Waals surface area contributed by atoms with Gasteiger partial charge in [0.1, 0.15) is 5.75 Å². The van der Waals surface area contributed by atoms with Gasteiger partial charge in [-0.05, 0) is 36.4 Å². The average Bonchev–Trinajstić information content (AvgIpc) is 3.10. The first-order valence-electron chi connectivity index (χ1n) is 7.52. The molecule has 3 rings (SSSR count). The van der Waals surface area contributed by atoms with E-state index in [1.54, 1.807) is 41.4 Å². The topological polar surface area (TPSA) is 87.2 Å². The van der Waals surface area contributed by atoms with Crippen molar-refractivity contribution in [2.45, 2.75) is 0 Å². The number of aromatic nitrogens is 2. The zero-order valence-corrected chi connectivity index (χ0v) is 13.2. The number of rotatable bonds is 5. The van der Waals surface area contributed by atoms with Gasteiger partial charge in [0.05, 0.1) is 11.9 Å². The first-order chi connectivity index (χ1) is 12.1. The lowest BCUT2D eigenvalue weighted by molar-refractivity contribution is -0.128. The summed E-state index contributed by atoms with van der Waals surface area (Å²) in [6, 6.07) is 15.8. The Hall–Kier alpha value is -3.67. The van der Waals surface area contributed by atoms with Crippen LogP contribution in [0, 0.1) is 0 Å². The van der Waals surface area contributed by atoms with Crippen molar-refractivity contribution in [2.24, 2.45) is 5.73 Å². The molecule has 25 heavy (non-hydrogen) atoms. The van der Waals surface area contributed by atoms with E-state index in [4.69, 9.17) is 10.5 Å². The quantitative estimate of drug-likeness (QED) is 0.442. The van der Waals surface area contributed by atoms with Crippen molar-refractivity contribution in [3.8, 4) is 11.4 Å². The number of hydrogen-bond donors (Lipinski definition) is 1. The molecule has 1 amide bonds. The Balaban J connectivity index is 1.66. The Kier molecular flexibility index (Phi) is 4.71. The summed E-state index contributed by atoms with van der Waals surface area (Å²) in [5.74, 6) is -0.887. The third kappa shape index (κ3) is 4.20. The second kappa shape index (κ2) is 7.27. The summed E-state index contributed by atoms with van der Waals surface area (Å²) in [6.07, 6.45) is 6.34. The Morgan fingerprint density at radius 1 is 1.08 bits per heavy atom. The summed E-state index contributed by atoms with van der Waals surface area (Å²) in [5.41, 5.74) is 7.15. The fraction of sp³-hybridized carbons (Fsp3) is 0. The largest absolute Gasteiger partial charge is 0.423 e. The number of carbonyl (C=O) groups excluding carboxylic acids is 2. The van der Waals surface area contributed by atoms with Crippen LogP contribution in [-0.4, -0.2) is 21.7 Å². The molecule has 3 aromatic rings. The second-order valence-corrected chi connectivity index (χ2v) is 5.20. The molecule has 0 spiro atoms. The third-order valence-electron chi connectivity index (χ3n) is 3.37. The zero-order chi connectivity index (χ0) is 17.6. The van der Waals surface area contributed by atoms with Crippen LogP contribution < -0.4 is 10.5 Å². The fourth-order valence-corrected chi connectivity index (χ4v) is 2.17. The number of carbonyl (C=O) groups is 2. The normalized spacial score (nSPS) is 10.7. The van der Waals surface area contributed by atoms with Crippen molar-refractivity contribution < 1.29 is 14.3 Å². The molecule has 0 saturated carbocycles. The molecule has 0 atom stereocenters. The maximum absolute atomic E-state index is 11.9. The summed E-state index contributed by atoms with van der Waals surface area (Å²) in [5, 5.41) is 4.24. The number of nitrogens with zero attached hydrogens (tertiary/aromatic N) is 2. The van der Waals surface area contributed by atoms with Crippen molar-refractivity contribution in [1.29, 1.82) is 0 Å². The highest BCUT2D eigenvalue weighted by Crippen LogP contribution is 2.14. The summed E-state index contributed by atoms with van der Waals surface area (Å²) < 4.78 is 6.87. The number of nitrogens with two attached hydrogens (primary N) is 1. The Morgan fingerprint density at radius 2 is 1.88 bits per heavy atom. The molecule has 0 unspecified atom stereocenters. The Morgan fingerprint density at radius 3 is 2.64 bits per heavy atom. The van der Waals surface area contributed by atoms with Gasteiger partial charge < -0.3 is 10.5 Å². The Labute approximate surface area is 144 Å². The smallest absolute Gasteiger partial charge is 0.336 e. The lowest BCUT2D eigenvalue weighted by Crippen LogP contribution is -2.11. The van der Waals surface area contributed by atoms with Crippen molar-refractivity contribution in [3.05, 3.63) is 84.2 Å². The van der Waals surface area contributed by atoms with Crippen LogP contribution in [0.3, 0.4) is 0 Å². The van der Waals surface area contributed by atoms with Gasteiger partial charge in [-0.25, -0.2) is 9.48 Å². The molecule has 1 aromatic heterocycles. The highest BCUT2D eigenvalue weighted by molar-refractivity contribution is 5.93. The van der Waals surface area contributed by atoms with Crippen LogP contribution in [0.2, 0.25) is 0 Å². The lowest BCUT2D eigenvalue weighted by atomic mass is 10.2. The van der Waals surface area contributed by atoms with Gasteiger partial charge in [-0.15, -0.1) is 0 Å². The van der Waals surface area contributed by atoms with Gasteiger partial charge in [-0.3, -0.25) is 4.79 Å². The lowest BCUT2D eigenvalue weighted by Gasteiger charge is -2.02. The van der Waals surface area contributed by atoms with Crippen LogP contribution in [0.15, 0.2) is 73.1 Å². The predicted molar refractivity (Wildman–Crippen MR) is 93.2 cm³/mol. The number of ether oxygens (including phenoxy) is 1. The number of hydrogen-bond acceptors (Lipinski definition) is 4. The zero-order valence-electron chi connectivity index (χ0n) is 13.2. The molecule has 6 heteroatoms. The summed E-state index contributed by atoms with van der Waals surface area (Å²) in [4.78, 5) is 23.0. The molecule has 6 nitrogen and oxygen atoms in total. The standard InChI is InChI=1S/C19H15N3O3/c20-19(24)15-5-4-8-17(11-15)25-18(23)10-9-14-12-21-22(13-14)16-6-2-1-3-7-16/h1-13H,(H2,20,24). The van der Waals surface area contributed by atoms with Crippen molar-refractivity contribution in [2.75, 3.05) is 0 Å². The molecule has 0 radical (unpaired) electrons. The molecule has 0 saturated heterocycles. The summed E-state index contributed by atoms with van der Waals surface area (Å²) in [6.45, 7) is 0. The molecule has 0 fully saturated rings. The van der Waals surface area contributed by atoms with E-state index in [-0.39, 0.29) is 11.3 Å². The fourth-order valence-electron chi connectivity index (χ4n) is 2.17. The molecule has 0 aliphatic heterocycles. The van der Waals surface area contributed by atoms with Crippen LogP contribution in [0.1, 0.15) is 15.9 Å². The molecule has 2 aromatic carbocycles. The molecule has 124 valence electrons. The van der Waals surface area contributed by atoms with Gasteiger partial charge in [0.25, 0.3) is 0 Å². The van der Waals surface area contributed by atoms with Crippen LogP contribution in [-0.2, 0) is 4.79 Å². The minimum atomic E-state index is -0.582. The average molecular weight is 333 g/mol. The van der Waals surface area contributed by atoms with Gasteiger partial charge in [-0.2, -0.15) is 5.10 Å². The predicted octanol–water partition coefficient (Wildman–Crippen LogP) is 2.59. The monoisotopic (exact) mass is 333 g/mol.